The standard InChI is InChI=1S/C23H19N3O2S2/c1-3-11-28-19-10-9-16(12-15(19)2)21-17(13-20-22(27)24-23(29)30-20)14-26(25-21)18-7-5-4-6-8-18/h3-10,12-14H,1,11H2,2H3,(H,24,27,29)/b20-13-. The quantitative estimate of drug-likeness (QED) is 0.340. The highest BCUT2D eigenvalue weighted by atomic mass is 32.2. The van der Waals surface area contributed by atoms with Gasteiger partial charge in [-0.1, -0.05) is 54.8 Å². The Hall–Kier alpha value is -3.16. The first kappa shape index (κ1) is 20.1. The maximum Gasteiger partial charge on any atom is 0.263 e. The van der Waals surface area contributed by atoms with E-state index in [4.69, 9.17) is 22.1 Å². The van der Waals surface area contributed by atoms with Crippen molar-refractivity contribution >= 4 is 40.3 Å². The number of rotatable bonds is 6. The van der Waals surface area contributed by atoms with Gasteiger partial charge < -0.3 is 10.1 Å². The van der Waals surface area contributed by atoms with Gasteiger partial charge in [-0.3, -0.25) is 4.79 Å². The van der Waals surface area contributed by atoms with E-state index in [1.165, 1.54) is 11.8 Å². The van der Waals surface area contributed by atoms with Crippen LogP contribution in [0.15, 0.2) is 72.3 Å². The Bertz CT molecular complexity index is 1170. The van der Waals surface area contributed by atoms with E-state index in [0.717, 1.165) is 33.8 Å². The number of aromatic nitrogens is 2. The molecular formula is C23H19N3O2S2. The van der Waals surface area contributed by atoms with Gasteiger partial charge in [-0.15, -0.1) is 0 Å². The molecule has 30 heavy (non-hydrogen) atoms. The van der Waals surface area contributed by atoms with E-state index < -0.39 is 0 Å². The lowest BCUT2D eigenvalue weighted by Gasteiger charge is -2.09. The number of nitrogens with one attached hydrogen (secondary N) is 1. The monoisotopic (exact) mass is 433 g/mol. The molecule has 1 saturated heterocycles. The average molecular weight is 434 g/mol. The SMILES string of the molecule is C=CCOc1ccc(-c2nn(-c3ccccc3)cc2/C=C2\SC(=S)NC2=O)cc1C. The van der Waals surface area contributed by atoms with Crippen LogP contribution in [0.25, 0.3) is 23.0 Å². The van der Waals surface area contributed by atoms with Gasteiger partial charge in [0.05, 0.1) is 10.6 Å². The first-order valence-corrected chi connectivity index (χ1v) is 10.5. The van der Waals surface area contributed by atoms with Crippen LogP contribution in [0.5, 0.6) is 5.75 Å². The fourth-order valence-electron chi connectivity index (χ4n) is 3.10. The fourth-order valence-corrected chi connectivity index (χ4v) is 4.13. The van der Waals surface area contributed by atoms with Crippen LogP contribution in [-0.4, -0.2) is 26.6 Å². The molecule has 0 radical (unpaired) electrons. The number of thioether (sulfide) groups is 1. The van der Waals surface area contributed by atoms with Crippen LogP contribution in [0.3, 0.4) is 0 Å². The van der Waals surface area contributed by atoms with E-state index in [1.807, 2.05) is 72.4 Å². The number of hydrogen-bond acceptors (Lipinski definition) is 5. The third kappa shape index (κ3) is 4.22. The van der Waals surface area contributed by atoms with Crippen LogP contribution in [0.1, 0.15) is 11.1 Å². The lowest BCUT2D eigenvalue weighted by molar-refractivity contribution is -0.115. The summed E-state index contributed by atoms with van der Waals surface area (Å²) >= 11 is 6.37. The van der Waals surface area contributed by atoms with Crippen molar-refractivity contribution in [3.8, 4) is 22.7 Å². The molecule has 0 bridgehead atoms. The summed E-state index contributed by atoms with van der Waals surface area (Å²) < 4.78 is 7.96. The Balaban J connectivity index is 1.80. The number of carbonyl (C=O) groups excluding carboxylic acids is 1. The summed E-state index contributed by atoms with van der Waals surface area (Å²) in [5.74, 6) is 0.616. The molecular weight excluding hydrogens is 414 g/mol. The lowest BCUT2D eigenvalue weighted by atomic mass is 10.0. The summed E-state index contributed by atoms with van der Waals surface area (Å²) in [7, 11) is 0. The van der Waals surface area contributed by atoms with Crippen molar-refractivity contribution in [3.05, 3.63) is 83.4 Å². The summed E-state index contributed by atoms with van der Waals surface area (Å²) in [5.41, 5.74) is 4.48. The number of amides is 1. The molecule has 5 nitrogen and oxygen atoms in total. The van der Waals surface area contributed by atoms with Crippen molar-refractivity contribution in [1.29, 1.82) is 0 Å². The molecule has 1 aromatic heterocycles. The number of nitrogens with zero attached hydrogens (tertiary/aromatic N) is 2. The molecule has 4 rings (SSSR count). The van der Waals surface area contributed by atoms with Crippen molar-refractivity contribution in [3.63, 3.8) is 0 Å². The number of thiocarbonyl (C=S) groups is 1. The number of hydrogen-bond donors (Lipinski definition) is 1. The van der Waals surface area contributed by atoms with Gasteiger partial charge in [0.25, 0.3) is 5.91 Å². The van der Waals surface area contributed by atoms with Gasteiger partial charge in [0.1, 0.15) is 22.4 Å². The number of benzene rings is 2. The second-order valence-corrected chi connectivity index (χ2v) is 8.36. The van der Waals surface area contributed by atoms with E-state index in [1.54, 1.807) is 6.08 Å². The smallest absolute Gasteiger partial charge is 0.263 e. The summed E-state index contributed by atoms with van der Waals surface area (Å²) in [4.78, 5) is 12.7. The minimum Gasteiger partial charge on any atom is -0.489 e. The van der Waals surface area contributed by atoms with Crippen molar-refractivity contribution in [2.24, 2.45) is 0 Å². The molecule has 0 unspecified atom stereocenters. The van der Waals surface area contributed by atoms with Gasteiger partial charge in [0.15, 0.2) is 0 Å². The molecule has 0 atom stereocenters. The molecule has 2 heterocycles. The molecule has 1 amide bonds. The Labute approximate surface area is 184 Å². The molecule has 1 fully saturated rings. The normalized spacial score (nSPS) is 14.8. The average Bonchev–Trinajstić information content (AvgIpc) is 3.30. The molecule has 2 aromatic carbocycles. The van der Waals surface area contributed by atoms with Gasteiger partial charge in [0.2, 0.25) is 0 Å². The third-order valence-corrected chi connectivity index (χ3v) is 5.66. The Morgan fingerprint density at radius 3 is 2.73 bits per heavy atom. The molecule has 150 valence electrons. The first-order chi connectivity index (χ1) is 14.5. The van der Waals surface area contributed by atoms with E-state index in [9.17, 15) is 4.79 Å². The second-order valence-electron chi connectivity index (χ2n) is 6.65. The molecule has 0 spiro atoms. The topological polar surface area (TPSA) is 56.1 Å². The zero-order valence-corrected chi connectivity index (χ0v) is 17.9. The van der Waals surface area contributed by atoms with Gasteiger partial charge in [0, 0.05) is 17.3 Å². The highest BCUT2D eigenvalue weighted by Gasteiger charge is 2.23. The van der Waals surface area contributed by atoms with Crippen LogP contribution in [0.4, 0.5) is 0 Å². The third-order valence-electron chi connectivity index (χ3n) is 4.50. The van der Waals surface area contributed by atoms with E-state index in [0.29, 0.717) is 15.8 Å². The van der Waals surface area contributed by atoms with Gasteiger partial charge in [-0.05, 0) is 48.9 Å². The fraction of sp³-hybridized carbons (Fsp3) is 0.0870. The molecule has 1 aliphatic rings. The molecule has 1 N–H and O–H groups in total. The van der Waals surface area contributed by atoms with E-state index in [-0.39, 0.29) is 5.91 Å². The minimum atomic E-state index is -0.187. The maximum atomic E-state index is 12.2. The van der Waals surface area contributed by atoms with E-state index in [2.05, 4.69) is 11.9 Å². The van der Waals surface area contributed by atoms with Crippen LogP contribution < -0.4 is 10.1 Å². The van der Waals surface area contributed by atoms with Gasteiger partial charge >= 0.3 is 0 Å². The summed E-state index contributed by atoms with van der Waals surface area (Å²) in [6, 6.07) is 15.8. The van der Waals surface area contributed by atoms with Crippen molar-refractivity contribution in [2.45, 2.75) is 6.92 Å². The molecule has 3 aromatic rings. The number of ether oxygens (including phenoxy) is 1. The van der Waals surface area contributed by atoms with Crippen molar-refractivity contribution in [1.82, 2.24) is 15.1 Å². The maximum absolute atomic E-state index is 12.2. The zero-order chi connectivity index (χ0) is 21.1. The van der Waals surface area contributed by atoms with Crippen molar-refractivity contribution < 1.29 is 9.53 Å². The Morgan fingerprint density at radius 2 is 2.07 bits per heavy atom. The lowest BCUT2D eigenvalue weighted by Crippen LogP contribution is -2.17. The van der Waals surface area contributed by atoms with Crippen LogP contribution >= 0.6 is 24.0 Å². The highest BCUT2D eigenvalue weighted by Crippen LogP contribution is 2.32. The highest BCUT2D eigenvalue weighted by molar-refractivity contribution is 8.26. The molecule has 7 heteroatoms. The predicted octanol–water partition coefficient (Wildman–Crippen LogP) is 4.90. The first-order valence-electron chi connectivity index (χ1n) is 9.30. The Kier molecular flexibility index (Phi) is 5.83. The largest absolute Gasteiger partial charge is 0.489 e. The van der Waals surface area contributed by atoms with Gasteiger partial charge in [-0.25, -0.2) is 4.68 Å². The van der Waals surface area contributed by atoms with Crippen LogP contribution in [0.2, 0.25) is 0 Å². The zero-order valence-electron chi connectivity index (χ0n) is 16.3. The van der Waals surface area contributed by atoms with Crippen molar-refractivity contribution in [2.75, 3.05) is 6.61 Å². The predicted molar refractivity (Wildman–Crippen MR) is 126 cm³/mol. The molecule has 0 aliphatic carbocycles. The van der Waals surface area contributed by atoms with Crippen LogP contribution in [0, 0.1) is 6.92 Å². The number of aryl methyl sites for hydroxylation is 1. The number of carbonyl (C=O) groups is 1. The molecule has 0 saturated carbocycles. The van der Waals surface area contributed by atoms with Gasteiger partial charge in [-0.2, -0.15) is 5.10 Å². The number of para-hydroxylation sites is 1. The second kappa shape index (κ2) is 8.69. The molecule has 1 aliphatic heterocycles. The summed E-state index contributed by atoms with van der Waals surface area (Å²) in [6.45, 7) is 6.13. The van der Waals surface area contributed by atoms with Crippen LogP contribution in [-0.2, 0) is 4.79 Å². The summed E-state index contributed by atoms with van der Waals surface area (Å²) in [5, 5.41) is 7.47. The van der Waals surface area contributed by atoms with E-state index >= 15 is 0 Å². The Morgan fingerprint density at radius 1 is 1.27 bits per heavy atom. The minimum absolute atomic E-state index is 0.187. The summed E-state index contributed by atoms with van der Waals surface area (Å²) in [6.07, 6.45) is 5.47.